The van der Waals surface area contributed by atoms with Gasteiger partial charge in [0.05, 0.1) is 11.6 Å². The zero-order valence-corrected chi connectivity index (χ0v) is 19.5. The summed E-state index contributed by atoms with van der Waals surface area (Å²) in [6, 6.07) is 9.83. The maximum absolute atomic E-state index is 14.5. The highest BCUT2D eigenvalue weighted by molar-refractivity contribution is 5.84. The Morgan fingerprint density at radius 3 is 2.41 bits per heavy atom. The van der Waals surface area contributed by atoms with E-state index in [0.29, 0.717) is 17.5 Å². The number of alkyl halides is 1. The van der Waals surface area contributed by atoms with Gasteiger partial charge in [0.2, 0.25) is 5.91 Å². The molecule has 2 fully saturated rings. The van der Waals surface area contributed by atoms with Gasteiger partial charge >= 0.3 is 6.09 Å². The van der Waals surface area contributed by atoms with Crippen molar-refractivity contribution in [3.05, 3.63) is 59.7 Å². The summed E-state index contributed by atoms with van der Waals surface area (Å²) in [7, 11) is 0. The molecule has 2 aliphatic rings. The average molecular weight is 475 g/mol. The number of piperidine rings is 1. The minimum atomic E-state index is -1.28. The first kappa shape index (κ1) is 24.1. The molecule has 1 aliphatic carbocycles. The van der Waals surface area contributed by atoms with Crippen LogP contribution < -0.4 is 5.32 Å². The van der Waals surface area contributed by atoms with Crippen LogP contribution in [-0.4, -0.2) is 47.8 Å². The largest absolute Gasteiger partial charge is 0.444 e. The van der Waals surface area contributed by atoms with E-state index in [1.165, 1.54) is 18.2 Å². The zero-order valence-electron chi connectivity index (χ0n) is 19.5. The van der Waals surface area contributed by atoms with Crippen LogP contribution in [0, 0.1) is 17.6 Å². The van der Waals surface area contributed by atoms with Crippen molar-refractivity contribution in [2.45, 2.75) is 57.3 Å². The number of nitrogens with one attached hydrogen (secondary N) is 1. The van der Waals surface area contributed by atoms with Gasteiger partial charge in [-0.3, -0.25) is 4.79 Å². The molecule has 0 spiro atoms. The SMILES string of the molecule is CC(C)(C)OC(=O)N[C@@H]1CN(C(=O)[C@@H]2C[C@H]2c2ccccc2-c2c(F)cccc2F)CC[C@@H]1F. The fourth-order valence-corrected chi connectivity index (χ4v) is 4.57. The summed E-state index contributed by atoms with van der Waals surface area (Å²) in [4.78, 5) is 26.9. The number of halogens is 3. The van der Waals surface area contributed by atoms with Gasteiger partial charge in [0.15, 0.2) is 0 Å². The second kappa shape index (κ2) is 9.31. The lowest BCUT2D eigenvalue weighted by molar-refractivity contribution is -0.134. The van der Waals surface area contributed by atoms with Gasteiger partial charge in [-0.1, -0.05) is 30.3 Å². The second-order valence-corrected chi connectivity index (χ2v) is 9.97. The maximum atomic E-state index is 14.5. The number of carbonyl (C=O) groups excluding carboxylic acids is 2. The number of amides is 2. The van der Waals surface area contributed by atoms with Crippen LogP contribution in [0.4, 0.5) is 18.0 Å². The van der Waals surface area contributed by atoms with E-state index < -0.39 is 35.5 Å². The van der Waals surface area contributed by atoms with Gasteiger partial charge in [-0.05, 0) is 62.8 Å². The van der Waals surface area contributed by atoms with Gasteiger partial charge in [-0.2, -0.15) is 0 Å². The lowest BCUT2D eigenvalue weighted by Gasteiger charge is -2.36. The fourth-order valence-electron chi connectivity index (χ4n) is 4.57. The molecular formula is C26H29F3N2O3. The van der Waals surface area contributed by atoms with Crippen molar-refractivity contribution in [2.24, 2.45) is 5.92 Å². The molecule has 0 radical (unpaired) electrons. The van der Waals surface area contributed by atoms with Gasteiger partial charge in [0, 0.05) is 19.0 Å². The van der Waals surface area contributed by atoms with Crippen molar-refractivity contribution in [3.8, 4) is 11.1 Å². The lowest BCUT2D eigenvalue weighted by atomic mass is 9.95. The molecule has 2 aromatic rings. The number of likely N-dealkylation sites (tertiary alicyclic amines) is 1. The molecule has 4 rings (SSSR count). The predicted molar refractivity (Wildman–Crippen MR) is 122 cm³/mol. The normalized spacial score (nSPS) is 24.5. The highest BCUT2D eigenvalue weighted by atomic mass is 19.1. The van der Waals surface area contributed by atoms with Gasteiger partial charge in [0.25, 0.3) is 0 Å². The highest BCUT2D eigenvalue weighted by Gasteiger charge is 2.48. The molecule has 34 heavy (non-hydrogen) atoms. The minimum absolute atomic E-state index is 0.0477. The summed E-state index contributed by atoms with van der Waals surface area (Å²) in [5.41, 5.74) is 0.335. The monoisotopic (exact) mass is 474 g/mol. The minimum Gasteiger partial charge on any atom is -0.444 e. The van der Waals surface area contributed by atoms with E-state index in [-0.39, 0.29) is 42.8 Å². The molecule has 8 heteroatoms. The number of alkyl carbamates (subject to hydrolysis) is 1. The molecule has 5 nitrogen and oxygen atoms in total. The van der Waals surface area contributed by atoms with Crippen molar-refractivity contribution in [1.29, 1.82) is 0 Å². The zero-order chi connectivity index (χ0) is 24.6. The number of nitrogens with zero attached hydrogens (tertiary/aromatic N) is 1. The lowest BCUT2D eigenvalue weighted by Crippen LogP contribution is -2.56. The van der Waals surface area contributed by atoms with Crippen molar-refractivity contribution >= 4 is 12.0 Å². The molecule has 1 N–H and O–H groups in total. The number of ether oxygens (including phenoxy) is 1. The molecule has 0 aromatic heterocycles. The Balaban J connectivity index is 1.46. The summed E-state index contributed by atoms with van der Waals surface area (Å²) < 4.78 is 48.6. The van der Waals surface area contributed by atoms with Crippen LogP contribution in [0.3, 0.4) is 0 Å². The van der Waals surface area contributed by atoms with Crippen molar-refractivity contribution in [1.82, 2.24) is 10.2 Å². The Morgan fingerprint density at radius 2 is 1.74 bits per heavy atom. The summed E-state index contributed by atoms with van der Waals surface area (Å²) in [6.45, 7) is 5.45. The van der Waals surface area contributed by atoms with E-state index in [9.17, 15) is 22.8 Å². The number of carbonyl (C=O) groups is 2. The Labute approximate surface area is 197 Å². The van der Waals surface area contributed by atoms with Crippen molar-refractivity contribution < 1.29 is 27.5 Å². The smallest absolute Gasteiger partial charge is 0.408 e. The van der Waals surface area contributed by atoms with Crippen LogP contribution in [0.1, 0.15) is 45.1 Å². The van der Waals surface area contributed by atoms with Gasteiger partial charge in [-0.25, -0.2) is 18.0 Å². The quantitative estimate of drug-likeness (QED) is 0.663. The summed E-state index contributed by atoms with van der Waals surface area (Å²) >= 11 is 0. The molecular weight excluding hydrogens is 445 g/mol. The van der Waals surface area contributed by atoms with Crippen LogP contribution in [0.15, 0.2) is 42.5 Å². The first-order valence-corrected chi connectivity index (χ1v) is 11.5. The number of hydrogen-bond acceptors (Lipinski definition) is 3. The van der Waals surface area contributed by atoms with Crippen LogP contribution in [0.25, 0.3) is 11.1 Å². The standard InChI is InChI=1S/C26H29F3N2O3/c1-26(2,3)34-25(33)30-22-14-31(12-11-19(22)27)24(32)18-13-17(18)15-7-4-5-8-16(15)23-20(28)9-6-10-21(23)29/h4-10,17-19,22H,11-14H2,1-3H3,(H,30,33)/t17-,18+,19-,22+/m0/s1. The molecule has 2 amide bonds. The molecule has 2 aromatic carbocycles. The average Bonchev–Trinajstić information content (AvgIpc) is 3.54. The molecule has 1 aliphatic heterocycles. The predicted octanol–water partition coefficient (Wildman–Crippen LogP) is 5.20. The van der Waals surface area contributed by atoms with Gasteiger partial charge in [0.1, 0.15) is 23.4 Å². The first-order chi connectivity index (χ1) is 16.0. The van der Waals surface area contributed by atoms with Crippen LogP contribution in [0.2, 0.25) is 0 Å². The van der Waals surface area contributed by atoms with Gasteiger partial charge < -0.3 is 15.0 Å². The fraction of sp³-hybridized carbons (Fsp3) is 0.462. The summed E-state index contributed by atoms with van der Waals surface area (Å²) in [5.74, 6) is -1.98. The van der Waals surface area contributed by atoms with E-state index in [0.717, 1.165) is 0 Å². The van der Waals surface area contributed by atoms with E-state index in [4.69, 9.17) is 4.74 Å². The van der Waals surface area contributed by atoms with Crippen LogP contribution >= 0.6 is 0 Å². The molecule has 4 atom stereocenters. The number of benzene rings is 2. The second-order valence-electron chi connectivity index (χ2n) is 9.97. The van der Waals surface area contributed by atoms with E-state index in [1.54, 1.807) is 49.9 Å². The van der Waals surface area contributed by atoms with Crippen molar-refractivity contribution in [3.63, 3.8) is 0 Å². The molecule has 0 bridgehead atoms. The van der Waals surface area contributed by atoms with Crippen LogP contribution in [0.5, 0.6) is 0 Å². The maximum Gasteiger partial charge on any atom is 0.408 e. The Hall–Kier alpha value is -3.03. The third-order valence-corrected chi connectivity index (χ3v) is 6.24. The van der Waals surface area contributed by atoms with E-state index in [1.807, 2.05) is 0 Å². The van der Waals surface area contributed by atoms with Gasteiger partial charge in [-0.15, -0.1) is 0 Å². The summed E-state index contributed by atoms with van der Waals surface area (Å²) in [5, 5.41) is 2.54. The first-order valence-electron chi connectivity index (χ1n) is 11.5. The molecule has 0 unspecified atom stereocenters. The van der Waals surface area contributed by atoms with E-state index >= 15 is 0 Å². The molecule has 182 valence electrons. The highest BCUT2D eigenvalue weighted by Crippen LogP contribution is 2.51. The third kappa shape index (κ3) is 5.21. The summed E-state index contributed by atoms with van der Waals surface area (Å²) in [6.07, 6.45) is -1.34. The van der Waals surface area contributed by atoms with E-state index in [2.05, 4.69) is 5.32 Å². The van der Waals surface area contributed by atoms with Crippen LogP contribution in [-0.2, 0) is 9.53 Å². The molecule has 1 heterocycles. The third-order valence-electron chi connectivity index (χ3n) is 6.24. The Bertz CT molecular complexity index is 1060. The number of hydrogen-bond donors (Lipinski definition) is 1. The number of rotatable bonds is 4. The Morgan fingerprint density at radius 1 is 1.06 bits per heavy atom. The molecule has 1 saturated heterocycles. The molecule has 1 saturated carbocycles. The Kier molecular flexibility index (Phi) is 6.60. The topological polar surface area (TPSA) is 58.6 Å². The van der Waals surface area contributed by atoms with Crippen molar-refractivity contribution in [2.75, 3.05) is 13.1 Å².